The van der Waals surface area contributed by atoms with Crippen molar-refractivity contribution >= 4 is 23.2 Å². The number of hydrogen-bond donors (Lipinski definition) is 1. The van der Waals surface area contributed by atoms with Crippen LogP contribution in [0.2, 0.25) is 0 Å². The molecule has 4 rings (SSSR count). The smallest absolute Gasteiger partial charge is 0.291 e. The Morgan fingerprint density at radius 1 is 1.03 bits per heavy atom. The van der Waals surface area contributed by atoms with Crippen LogP contribution in [0, 0.1) is 6.92 Å². The second kappa shape index (κ2) is 9.73. The highest BCUT2D eigenvalue weighted by atomic mass is 16.3. The lowest BCUT2D eigenvalue weighted by Crippen LogP contribution is -2.32. The molecule has 2 amide bonds. The van der Waals surface area contributed by atoms with E-state index in [4.69, 9.17) is 4.42 Å². The molecule has 6 nitrogen and oxygen atoms in total. The molecule has 1 aliphatic rings. The molecule has 3 aromatic rings. The van der Waals surface area contributed by atoms with Crippen LogP contribution >= 0.6 is 0 Å². The summed E-state index contributed by atoms with van der Waals surface area (Å²) in [6, 6.07) is 17.0. The van der Waals surface area contributed by atoms with Crippen LogP contribution in [0.5, 0.6) is 0 Å². The molecule has 1 aromatic heterocycles. The highest BCUT2D eigenvalue weighted by Gasteiger charge is 2.19. The van der Waals surface area contributed by atoms with Gasteiger partial charge in [-0.05, 0) is 67.6 Å². The quantitative estimate of drug-likeness (QED) is 0.590. The molecule has 1 saturated heterocycles. The van der Waals surface area contributed by atoms with Crippen molar-refractivity contribution in [1.29, 1.82) is 0 Å². The summed E-state index contributed by atoms with van der Waals surface area (Å²) in [5.41, 5.74) is 4.35. The number of nitrogens with one attached hydrogen (secondary N) is 1. The lowest BCUT2D eigenvalue weighted by atomic mass is 10.1. The molecule has 0 atom stereocenters. The Labute approximate surface area is 188 Å². The van der Waals surface area contributed by atoms with Crippen LogP contribution in [-0.2, 0) is 6.54 Å². The van der Waals surface area contributed by atoms with Gasteiger partial charge in [-0.2, -0.15) is 0 Å². The lowest BCUT2D eigenvalue weighted by Gasteiger charge is -2.31. The fourth-order valence-electron chi connectivity index (χ4n) is 4.12. The highest BCUT2D eigenvalue weighted by molar-refractivity contribution is 6.03. The first-order valence-electron chi connectivity index (χ1n) is 11.1. The average molecular weight is 432 g/mol. The van der Waals surface area contributed by atoms with Gasteiger partial charge < -0.3 is 19.5 Å². The molecule has 166 valence electrons. The molecule has 0 unspecified atom stereocenters. The van der Waals surface area contributed by atoms with E-state index in [1.807, 2.05) is 26.1 Å². The van der Waals surface area contributed by atoms with Crippen LogP contribution in [0.15, 0.2) is 65.3 Å². The summed E-state index contributed by atoms with van der Waals surface area (Å²) in [4.78, 5) is 29.7. The van der Waals surface area contributed by atoms with E-state index in [0.29, 0.717) is 17.8 Å². The number of carbonyl (C=O) groups is 2. The fraction of sp³-hybridized carbons (Fsp3) is 0.308. The summed E-state index contributed by atoms with van der Waals surface area (Å²) in [5.74, 6) is -0.203. The van der Waals surface area contributed by atoms with Crippen molar-refractivity contribution in [3.8, 4) is 0 Å². The van der Waals surface area contributed by atoms with Gasteiger partial charge in [-0.3, -0.25) is 9.59 Å². The van der Waals surface area contributed by atoms with Crippen LogP contribution in [0.1, 0.15) is 51.3 Å². The van der Waals surface area contributed by atoms with Gasteiger partial charge in [0.15, 0.2) is 5.76 Å². The summed E-state index contributed by atoms with van der Waals surface area (Å²) in [7, 11) is 1.82. The Kier molecular flexibility index (Phi) is 6.59. The molecule has 0 bridgehead atoms. The van der Waals surface area contributed by atoms with Crippen LogP contribution in [0.4, 0.5) is 11.4 Å². The van der Waals surface area contributed by atoms with Gasteiger partial charge in [0.1, 0.15) is 0 Å². The minimum atomic E-state index is -0.341. The van der Waals surface area contributed by atoms with Gasteiger partial charge in [0.05, 0.1) is 6.26 Å². The Hall–Kier alpha value is -3.54. The number of piperidine rings is 1. The number of benzene rings is 2. The van der Waals surface area contributed by atoms with Gasteiger partial charge in [-0.15, -0.1) is 0 Å². The number of hydrogen-bond acceptors (Lipinski definition) is 4. The van der Waals surface area contributed by atoms with Gasteiger partial charge >= 0.3 is 0 Å². The molecule has 6 heteroatoms. The van der Waals surface area contributed by atoms with Crippen LogP contribution in [0.25, 0.3) is 0 Å². The zero-order valence-corrected chi connectivity index (χ0v) is 18.6. The molecule has 0 spiro atoms. The zero-order valence-electron chi connectivity index (χ0n) is 18.6. The topological polar surface area (TPSA) is 65.8 Å². The predicted octanol–water partition coefficient (Wildman–Crippen LogP) is 5.10. The number of carbonyl (C=O) groups excluding carboxylic acids is 2. The number of para-hydroxylation sites is 1. The van der Waals surface area contributed by atoms with Crippen LogP contribution < -0.4 is 10.2 Å². The SMILES string of the molecule is Cc1ccc(C(=O)N(C)Cc2ccccc2N2CCCCC2)cc1NC(=O)c1ccco1. The summed E-state index contributed by atoms with van der Waals surface area (Å²) < 4.78 is 5.16. The van der Waals surface area contributed by atoms with Gasteiger partial charge in [0, 0.05) is 43.6 Å². The second-order valence-corrected chi connectivity index (χ2v) is 8.30. The van der Waals surface area contributed by atoms with Crippen LogP contribution in [-0.4, -0.2) is 36.9 Å². The minimum Gasteiger partial charge on any atom is -0.459 e. The standard InChI is InChI=1S/C26H29N3O3/c1-19-12-13-20(17-22(19)27-25(30)24-11-8-16-32-24)26(31)28(2)18-21-9-4-5-10-23(21)29-14-6-3-7-15-29/h4-5,8-13,16-17H,3,6-7,14-15,18H2,1-2H3,(H,27,30). The predicted molar refractivity (Wildman–Crippen MR) is 126 cm³/mol. The van der Waals surface area contributed by atoms with Crippen molar-refractivity contribution in [2.24, 2.45) is 0 Å². The highest BCUT2D eigenvalue weighted by Crippen LogP contribution is 2.26. The number of rotatable bonds is 6. The molecular formula is C26H29N3O3. The second-order valence-electron chi connectivity index (χ2n) is 8.30. The first kappa shape index (κ1) is 21.7. The van der Waals surface area contributed by atoms with E-state index >= 15 is 0 Å². The van der Waals surface area contributed by atoms with Crippen molar-refractivity contribution in [1.82, 2.24) is 4.90 Å². The molecule has 1 fully saturated rings. The van der Waals surface area contributed by atoms with Crippen molar-refractivity contribution in [3.63, 3.8) is 0 Å². The number of nitrogens with zero attached hydrogens (tertiary/aromatic N) is 2. The normalized spacial score (nSPS) is 13.6. The van der Waals surface area contributed by atoms with Crippen molar-refractivity contribution < 1.29 is 14.0 Å². The Balaban J connectivity index is 1.49. The number of anilines is 2. The Morgan fingerprint density at radius 2 is 1.81 bits per heavy atom. The molecule has 1 aliphatic heterocycles. The lowest BCUT2D eigenvalue weighted by molar-refractivity contribution is 0.0785. The van der Waals surface area contributed by atoms with E-state index in [9.17, 15) is 9.59 Å². The summed E-state index contributed by atoms with van der Waals surface area (Å²) >= 11 is 0. The molecule has 0 radical (unpaired) electrons. The Bertz CT molecular complexity index is 1090. The van der Waals surface area contributed by atoms with E-state index in [2.05, 4.69) is 28.4 Å². The first-order chi connectivity index (χ1) is 15.5. The maximum absolute atomic E-state index is 13.2. The van der Waals surface area contributed by atoms with Gasteiger partial charge in [-0.1, -0.05) is 24.3 Å². The van der Waals surface area contributed by atoms with E-state index in [1.54, 1.807) is 29.2 Å². The van der Waals surface area contributed by atoms with Crippen molar-refractivity contribution in [2.75, 3.05) is 30.4 Å². The van der Waals surface area contributed by atoms with Gasteiger partial charge in [-0.25, -0.2) is 0 Å². The molecule has 1 N–H and O–H groups in total. The number of furan rings is 1. The number of amides is 2. The van der Waals surface area contributed by atoms with Crippen LogP contribution in [0.3, 0.4) is 0 Å². The third-order valence-corrected chi connectivity index (χ3v) is 5.92. The molecule has 32 heavy (non-hydrogen) atoms. The number of aryl methyl sites for hydroxylation is 1. The minimum absolute atomic E-state index is 0.0908. The summed E-state index contributed by atoms with van der Waals surface area (Å²) in [6.45, 7) is 4.54. The third-order valence-electron chi connectivity index (χ3n) is 5.92. The third kappa shape index (κ3) is 4.85. The van der Waals surface area contributed by atoms with Gasteiger partial charge in [0.25, 0.3) is 11.8 Å². The summed E-state index contributed by atoms with van der Waals surface area (Å²) in [5, 5.41) is 2.84. The molecule has 2 heterocycles. The van der Waals surface area contributed by atoms with E-state index in [1.165, 1.54) is 31.2 Å². The monoisotopic (exact) mass is 431 g/mol. The largest absolute Gasteiger partial charge is 0.459 e. The van der Waals surface area contributed by atoms with E-state index in [-0.39, 0.29) is 17.6 Å². The molecule has 0 aliphatic carbocycles. The summed E-state index contributed by atoms with van der Waals surface area (Å²) in [6.07, 6.45) is 5.15. The van der Waals surface area contributed by atoms with E-state index < -0.39 is 0 Å². The maximum atomic E-state index is 13.2. The maximum Gasteiger partial charge on any atom is 0.291 e. The Morgan fingerprint density at radius 3 is 2.56 bits per heavy atom. The van der Waals surface area contributed by atoms with Gasteiger partial charge in [0.2, 0.25) is 0 Å². The average Bonchev–Trinajstić information content (AvgIpc) is 3.36. The van der Waals surface area contributed by atoms with E-state index in [0.717, 1.165) is 24.2 Å². The van der Waals surface area contributed by atoms with Crippen molar-refractivity contribution in [3.05, 3.63) is 83.3 Å². The molecule has 2 aromatic carbocycles. The fourth-order valence-corrected chi connectivity index (χ4v) is 4.12. The zero-order chi connectivity index (χ0) is 22.5. The molecular weight excluding hydrogens is 402 g/mol. The first-order valence-corrected chi connectivity index (χ1v) is 11.1. The van der Waals surface area contributed by atoms with Crippen molar-refractivity contribution in [2.45, 2.75) is 32.7 Å². The molecule has 0 saturated carbocycles.